The summed E-state index contributed by atoms with van der Waals surface area (Å²) in [6.45, 7) is 4.52. The van der Waals surface area contributed by atoms with Gasteiger partial charge in [-0.3, -0.25) is 14.2 Å². The van der Waals surface area contributed by atoms with E-state index in [0.29, 0.717) is 17.4 Å². The Morgan fingerprint density at radius 2 is 1.81 bits per heavy atom. The van der Waals surface area contributed by atoms with E-state index in [0.717, 1.165) is 23.9 Å². The Balaban J connectivity index is 1.67. The zero-order valence-electron chi connectivity index (χ0n) is 15.3. The molecule has 5 heteroatoms. The van der Waals surface area contributed by atoms with Crippen LogP contribution in [0.25, 0.3) is 16.6 Å². The van der Waals surface area contributed by atoms with Crippen molar-refractivity contribution in [2.24, 2.45) is 11.8 Å². The maximum absolute atomic E-state index is 12.9. The lowest BCUT2D eigenvalue weighted by Crippen LogP contribution is -2.45. The largest absolute Gasteiger partial charge is 0.352 e. The average Bonchev–Trinajstić information content (AvgIpc) is 3.13. The zero-order chi connectivity index (χ0) is 18.3. The highest BCUT2D eigenvalue weighted by Crippen LogP contribution is 2.29. The van der Waals surface area contributed by atoms with E-state index < -0.39 is 0 Å². The van der Waals surface area contributed by atoms with Crippen LogP contribution < -0.4 is 10.9 Å². The average molecular weight is 351 g/mol. The Kier molecular flexibility index (Phi) is 4.31. The van der Waals surface area contributed by atoms with Gasteiger partial charge in [0.05, 0.1) is 11.0 Å². The molecule has 136 valence electrons. The van der Waals surface area contributed by atoms with Crippen molar-refractivity contribution in [2.75, 3.05) is 0 Å². The Morgan fingerprint density at radius 1 is 1.08 bits per heavy atom. The second kappa shape index (κ2) is 6.63. The summed E-state index contributed by atoms with van der Waals surface area (Å²) in [5.41, 5.74) is 2.17. The fraction of sp³-hybridized carbons (Fsp3) is 0.429. The number of fused-ring (bicyclic) bond motifs is 3. The number of benzene rings is 1. The van der Waals surface area contributed by atoms with E-state index in [-0.39, 0.29) is 24.1 Å². The number of nitrogens with zero attached hydrogens (tertiary/aromatic N) is 2. The SMILES string of the molecule is CC1CCCC(NC(=O)Cn2c(=O)c3cccn3c3ccccc32)C1C. The number of rotatable bonds is 3. The van der Waals surface area contributed by atoms with Crippen molar-refractivity contribution in [3.05, 3.63) is 52.9 Å². The molecule has 26 heavy (non-hydrogen) atoms. The Hall–Kier alpha value is -2.56. The van der Waals surface area contributed by atoms with Crippen LogP contribution in [0.1, 0.15) is 33.1 Å². The normalized spacial score (nSPS) is 23.4. The first-order chi connectivity index (χ1) is 12.6. The third-order valence-electron chi connectivity index (χ3n) is 6.00. The van der Waals surface area contributed by atoms with Crippen LogP contribution in [0.2, 0.25) is 0 Å². The van der Waals surface area contributed by atoms with Crippen LogP contribution >= 0.6 is 0 Å². The number of carbonyl (C=O) groups is 1. The third-order valence-corrected chi connectivity index (χ3v) is 6.00. The molecule has 0 aliphatic heterocycles. The molecule has 0 radical (unpaired) electrons. The van der Waals surface area contributed by atoms with Crippen molar-refractivity contribution in [2.45, 2.75) is 45.7 Å². The highest BCUT2D eigenvalue weighted by Gasteiger charge is 2.28. The topological polar surface area (TPSA) is 55.5 Å². The lowest BCUT2D eigenvalue weighted by Gasteiger charge is -2.34. The molecule has 0 bridgehead atoms. The standard InChI is InChI=1S/C21H25N3O2/c1-14-7-5-8-16(15(14)2)22-20(25)13-24-18-10-4-3-9-17(18)23-12-6-11-19(23)21(24)26/h3-4,6,9-12,14-16H,5,7-8,13H2,1-2H3,(H,22,25). The van der Waals surface area contributed by atoms with Gasteiger partial charge in [0.1, 0.15) is 12.1 Å². The third kappa shape index (κ3) is 2.81. The molecule has 1 aromatic carbocycles. The minimum atomic E-state index is -0.131. The van der Waals surface area contributed by atoms with E-state index in [1.807, 2.05) is 40.9 Å². The highest BCUT2D eigenvalue weighted by molar-refractivity contribution is 5.82. The molecule has 3 atom stereocenters. The molecule has 1 aliphatic carbocycles. The minimum absolute atomic E-state index is 0.0542. The maximum atomic E-state index is 12.9. The lowest BCUT2D eigenvalue weighted by atomic mass is 9.78. The molecule has 4 rings (SSSR count). The molecule has 0 spiro atoms. The molecular weight excluding hydrogens is 326 g/mol. The van der Waals surface area contributed by atoms with E-state index in [1.54, 1.807) is 10.6 Å². The van der Waals surface area contributed by atoms with Crippen LogP contribution in [0.3, 0.4) is 0 Å². The number of para-hydroxylation sites is 2. The van der Waals surface area contributed by atoms with Gasteiger partial charge in [-0.1, -0.05) is 38.8 Å². The first kappa shape index (κ1) is 16.9. The maximum Gasteiger partial charge on any atom is 0.275 e. The minimum Gasteiger partial charge on any atom is -0.352 e. The van der Waals surface area contributed by atoms with Crippen molar-refractivity contribution in [3.63, 3.8) is 0 Å². The number of hydrogen-bond acceptors (Lipinski definition) is 2. The molecule has 1 N–H and O–H groups in total. The van der Waals surface area contributed by atoms with Gasteiger partial charge in [0.2, 0.25) is 5.91 Å². The summed E-state index contributed by atoms with van der Waals surface area (Å²) in [6.07, 6.45) is 5.27. The number of aromatic nitrogens is 2. The van der Waals surface area contributed by atoms with Crippen molar-refractivity contribution >= 4 is 22.5 Å². The summed E-state index contributed by atoms with van der Waals surface area (Å²) in [5, 5.41) is 3.18. The number of carbonyl (C=O) groups excluding carboxylic acids is 1. The van der Waals surface area contributed by atoms with E-state index >= 15 is 0 Å². The van der Waals surface area contributed by atoms with E-state index in [4.69, 9.17) is 0 Å². The summed E-state index contributed by atoms with van der Waals surface area (Å²) >= 11 is 0. The van der Waals surface area contributed by atoms with Crippen LogP contribution in [0, 0.1) is 11.8 Å². The monoisotopic (exact) mass is 351 g/mol. The summed E-state index contributed by atoms with van der Waals surface area (Å²) < 4.78 is 3.48. The summed E-state index contributed by atoms with van der Waals surface area (Å²) in [7, 11) is 0. The van der Waals surface area contributed by atoms with Crippen molar-refractivity contribution < 1.29 is 4.79 Å². The number of hydrogen-bond donors (Lipinski definition) is 1. The summed E-state index contributed by atoms with van der Waals surface area (Å²) in [4.78, 5) is 25.6. The highest BCUT2D eigenvalue weighted by atomic mass is 16.2. The molecule has 2 heterocycles. The molecule has 3 unspecified atom stereocenters. The van der Waals surface area contributed by atoms with Gasteiger partial charge in [-0.25, -0.2) is 0 Å². The molecule has 1 fully saturated rings. The Morgan fingerprint density at radius 3 is 2.62 bits per heavy atom. The number of amides is 1. The van der Waals surface area contributed by atoms with Crippen molar-refractivity contribution in [3.8, 4) is 0 Å². The lowest BCUT2D eigenvalue weighted by molar-refractivity contribution is -0.123. The van der Waals surface area contributed by atoms with Crippen LogP contribution in [0.5, 0.6) is 0 Å². The van der Waals surface area contributed by atoms with Gasteiger partial charge >= 0.3 is 0 Å². The predicted octanol–water partition coefficient (Wildman–Crippen LogP) is 3.20. The Labute approximate surface area is 152 Å². The quantitative estimate of drug-likeness (QED) is 0.788. The number of nitrogens with one attached hydrogen (secondary N) is 1. The van der Waals surface area contributed by atoms with Gasteiger partial charge in [-0.05, 0) is 42.5 Å². The van der Waals surface area contributed by atoms with Gasteiger partial charge < -0.3 is 9.72 Å². The molecule has 1 aliphatic rings. The van der Waals surface area contributed by atoms with E-state index in [9.17, 15) is 9.59 Å². The van der Waals surface area contributed by atoms with Gasteiger partial charge in [-0.15, -0.1) is 0 Å². The first-order valence-corrected chi connectivity index (χ1v) is 9.44. The second-order valence-corrected chi connectivity index (χ2v) is 7.58. The molecule has 2 aromatic heterocycles. The molecule has 1 saturated carbocycles. The second-order valence-electron chi connectivity index (χ2n) is 7.58. The summed E-state index contributed by atoms with van der Waals surface area (Å²) in [5.74, 6) is 1.00. The van der Waals surface area contributed by atoms with Gasteiger partial charge in [0.25, 0.3) is 5.56 Å². The zero-order valence-corrected chi connectivity index (χ0v) is 15.3. The molecule has 1 amide bonds. The van der Waals surface area contributed by atoms with Crippen LogP contribution in [-0.2, 0) is 11.3 Å². The molecule has 0 saturated heterocycles. The van der Waals surface area contributed by atoms with Crippen LogP contribution in [-0.4, -0.2) is 20.9 Å². The van der Waals surface area contributed by atoms with E-state index in [2.05, 4.69) is 19.2 Å². The fourth-order valence-corrected chi connectivity index (χ4v) is 4.25. The Bertz CT molecular complexity index is 1020. The molecule has 3 aromatic rings. The molecular formula is C21H25N3O2. The fourth-order valence-electron chi connectivity index (χ4n) is 4.25. The van der Waals surface area contributed by atoms with Crippen molar-refractivity contribution in [1.82, 2.24) is 14.3 Å². The smallest absolute Gasteiger partial charge is 0.275 e. The van der Waals surface area contributed by atoms with Crippen LogP contribution in [0.4, 0.5) is 0 Å². The first-order valence-electron chi connectivity index (χ1n) is 9.44. The van der Waals surface area contributed by atoms with Gasteiger partial charge in [-0.2, -0.15) is 0 Å². The van der Waals surface area contributed by atoms with Gasteiger partial charge in [0, 0.05) is 12.2 Å². The summed E-state index contributed by atoms with van der Waals surface area (Å²) in [6, 6.07) is 11.6. The van der Waals surface area contributed by atoms with Crippen LogP contribution in [0.15, 0.2) is 47.4 Å². The van der Waals surface area contributed by atoms with E-state index in [1.165, 1.54) is 6.42 Å². The predicted molar refractivity (Wildman–Crippen MR) is 103 cm³/mol. The van der Waals surface area contributed by atoms with Gasteiger partial charge in [0.15, 0.2) is 0 Å². The molecule has 5 nitrogen and oxygen atoms in total. The van der Waals surface area contributed by atoms with Crippen molar-refractivity contribution in [1.29, 1.82) is 0 Å².